The zero-order valence-electron chi connectivity index (χ0n) is 9.48. The third kappa shape index (κ3) is 2.46. The van der Waals surface area contributed by atoms with E-state index in [-0.39, 0.29) is 0 Å². The minimum absolute atomic E-state index is 0.314. The van der Waals surface area contributed by atoms with E-state index in [9.17, 15) is 10.2 Å². The first-order valence-electron chi connectivity index (χ1n) is 5.51. The Morgan fingerprint density at radius 1 is 1.29 bits per heavy atom. The Morgan fingerprint density at radius 2 is 2.00 bits per heavy atom. The quantitative estimate of drug-likeness (QED) is 0.803. The fourth-order valence-corrected chi connectivity index (χ4v) is 1.66. The number of aliphatic hydroxyl groups is 2. The van der Waals surface area contributed by atoms with Crippen LogP contribution >= 0.6 is 0 Å². The summed E-state index contributed by atoms with van der Waals surface area (Å²) in [5, 5.41) is 23.6. The molecule has 0 aliphatic carbocycles. The molecule has 0 unspecified atom stereocenters. The van der Waals surface area contributed by atoms with Crippen LogP contribution in [0.2, 0.25) is 0 Å². The van der Waals surface area contributed by atoms with Gasteiger partial charge < -0.3 is 19.8 Å². The molecule has 3 atom stereocenters. The van der Waals surface area contributed by atoms with Gasteiger partial charge >= 0.3 is 0 Å². The molecule has 0 aromatic heterocycles. The van der Waals surface area contributed by atoms with Crippen LogP contribution in [0.25, 0.3) is 0 Å². The van der Waals surface area contributed by atoms with Gasteiger partial charge in [0.1, 0.15) is 11.8 Å². The summed E-state index contributed by atoms with van der Waals surface area (Å²) in [6.45, 7) is 2.16. The maximum atomic E-state index is 9.95. The number of oxime groups is 1. The SMILES string of the molecule is CCO[C@@H]1ON=C(c2ccccc2)[C@@H](O)[C@H]1O. The Labute approximate surface area is 99.3 Å². The van der Waals surface area contributed by atoms with Crippen LogP contribution in [0.15, 0.2) is 35.5 Å². The summed E-state index contributed by atoms with van der Waals surface area (Å²) in [5.74, 6) is 0. The fraction of sp³-hybridized carbons (Fsp3) is 0.417. The van der Waals surface area contributed by atoms with Crippen molar-refractivity contribution in [1.82, 2.24) is 0 Å². The zero-order valence-corrected chi connectivity index (χ0v) is 9.48. The molecule has 2 N–H and O–H groups in total. The molecule has 0 radical (unpaired) electrons. The molecule has 1 heterocycles. The van der Waals surface area contributed by atoms with Crippen LogP contribution in [0.5, 0.6) is 0 Å². The highest BCUT2D eigenvalue weighted by molar-refractivity contribution is 6.04. The number of benzene rings is 1. The van der Waals surface area contributed by atoms with Gasteiger partial charge in [-0.15, -0.1) is 0 Å². The van der Waals surface area contributed by atoms with E-state index < -0.39 is 18.5 Å². The standard InChI is InChI=1S/C12H15NO4/c1-2-16-12-11(15)10(14)9(13-17-12)8-6-4-3-5-7-8/h3-7,10-12,14-15H,2H2,1H3/t10-,11-,12-/m1/s1. The number of ether oxygens (including phenoxy) is 1. The van der Waals surface area contributed by atoms with Gasteiger partial charge in [-0.05, 0) is 6.92 Å². The number of hydrogen-bond acceptors (Lipinski definition) is 5. The number of nitrogens with zero attached hydrogens (tertiary/aromatic N) is 1. The first-order chi connectivity index (χ1) is 8.24. The van der Waals surface area contributed by atoms with E-state index in [4.69, 9.17) is 9.57 Å². The highest BCUT2D eigenvalue weighted by Gasteiger charge is 2.37. The smallest absolute Gasteiger partial charge is 0.256 e. The third-order valence-corrected chi connectivity index (χ3v) is 2.54. The third-order valence-electron chi connectivity index (χ3n) is 2.54. The molecule has 0 spiro atoms. The van der Waals surface area contributed by atoms with Gasteiger partial charge in [0.15, 0.2) is 6.10 Å². The molecule has 0 bridgehead atoms. The molecule has 5 nitrogen and oxygen atoms in total. The van der Waals surface area contributed by atoms with Crippen molar-refractivity contribution < 1.29 is 19.8 Å². The lowest BCUT2D eigenvalue weighted by Gasteiger charge is -2.29. The van der Waals surface area contributed by atoms with Crippen LogP contribution in [0.1, 0.15) is 12.5 Å². The molecule has 0 saturated carbocycles. The second-order valence-corrected chi connectivity index (χ2v) is 3.71. The summed E-state index contributed by atoms with van der Waals surface area (Å²) in [4.78, 5) is 5.02. The highest BCUT2D eigenvalue weighted by atomic mass is 16.8. The predicted octanol–water partition coefficient (Wildman–Crippen LogP) is 0.505. The number of aliphatic hydroxyl groups excluding tert-OH is 2. The minimum atomic E-state index is -1.14. The summed E-state index contributed by atoms with van der Waals surface area (Å²) in [5.41, 5.74) is 1.03. The predicted molar refractivity (Wildman–Crippen MR) is 61.5 cm³/mol. The van der Waals surface area contributed by atoms with Crippen LogP contribution in [-0.4, -0.2) is 41.0 Å². The molecule has 0 amide bonds. The van der Waals surface area contributed by atoms with Crippen LogP contribution in [-0.2, 0) is 9.57 Å². The largest absolute Gasteiger partial charge is 0.384 e. The second kappa shape index (κ2) is 5.27. The summed E-state index contributed by atoms with van der Waals surface area (Å²) in [7, 11) is 0. The van der Waals surface area contributed by atoms with Crippen molar-refractivity contribution in [2.24, 2.45) is 5.16 Å². The molecule has 92 valence electrons. The average Bonchev–Trinajstić information content (AvgIpc) is 2.36. The van der Waals surface area contributed by atoms with Crippen molar-refractivity contribution in [1.29, 1.82) is 0 Å². The normalized spacial score (nSPS) is 28.4. The second-order valence-electron chi connectivity index (χ2n) is 3.71. The van der Waals surface area contributed by atoms with Gasteiger partial charge in [-0.1, -0.05) is 35.5 Å². The average molecular weight is 237 g/mol. The minimum Gasteiger partial charge on any atom is -0.384 e. The lowest BCUT2D eigenvalue weighted by atomic mass is 10.0. The fourth-order valence-electron chi connectivity index (χ4n) is 1.66. The molecule has 5 heteroatoms. The van der Waals surface area contributed by atoms with Crippen molar-refractivity contribution in [3.8, 4) is 0 Å². The maximum Gasteiger partial charge on any atom is 0.256 e. The summed E-state index contributed by atoms with van der Waals surface area (Å²) in [6, 6.07) is 9.09. The number of hydrogen-bond donors (Lipinski definition) is 2. The van der Waals surface area contributed by atoms with Gasteiger partial charge in [0.05, 0.1) is 0 Å². The van der Waals surface area contributed by atoms with Gasteiger partial charge in [0.25, 0.3) is 6.29 Å². The monoisotopic (exact) mass is 237 g/mol. The summed E-state index contributed by atoms with van der Waals surface area (Å²) < 4.78 is 5.11. The van der Waals surface area contributed by atoms with Crippen LogP contribution < -0.4 is 0 Å². The molecule has 2 rings (SSSR count). The zero-order chi connectivity index (χ0) is 12.3. The van der Waals surface area contributed by atoms with E-state index in [0.29, 0.717) is 17.9 Å². The molecular weight excluding hydrogens is 222 g/mol. The van der Waals surface area contributed by atoms with E-state index in [2.05, 4.69) is 5.16 Å². The van der Waals surface area contributed by atoms with Crippen molar-refractivity contribution in [3.63, 3.8) is 0 Å². The van der Waals surface area contributed by atoms with Crippen molar-refractivity contribution >= 4 is 5.71 Å². The highest BCUT2D eigenvalue weighted by Crippen LogP contribution is 2.18. The van der Waals surface area contributed by atoms with E-state index in [1.165, 1.54) is 0 Å². The van der Waals surface area contributed by atoms with E-state index in [1.807, 2.05) is 18.2 Å². The molecular formula is C12H15NO4. The van der Waals surface area contributed by atoms with Gasteiger partial charge in [-0.3, -0.25) is 0 Å². The molecule has 0 saturated heterocycles. The van der Waals surface area contributed by atoms with E-state index in [0.717, 1.165) is 0 Å². The van der Waals surface area contributed by atoms with E-state index in [1.54, 1.807) is 19.1 Å². The van der Waals surface area contributed by atoms with Crippen LogP contribution in [0.3, 0.4) is 0 Å². The Morgan fingerprint density at radius 3 is 2.65 bits per heavy atom. The van der Waals surface area contributed by atoms with Crippen molar-refractivity contribution in [2.75, 3.05) is 6.61 Å². The first-order valence-corrected chi connectivity index (χ1v) is 5.51. The maximum absolute atomic E-state index is 9.95. The van der Waals surface area contributed by atoms with Gasteiger partial charge in [-0.2, -0.15) is 0 Å². The van der Waals surface area contributed by atoms with Gasteiger partial charge in [0.2, 0.25) is 0 Å². The molecule has 1 aliphatic rings. The van der Waals surface area contributed by atoms with Crippen molar-refractivity contribution in [2.45, 2.75) is 25.4 Å². The van der Waals surface area contributed by atoms with Crippen LogP contribution in [0.4, 0.5) is 0 Å². The number of rotatable bonds is 3. The molecule has 1 aromatic rings. The van der Waals surface area contributed by atoms with Gasteiger partial charge in [0, 0.05) is 12.2 Å². The molecule has 0 fully saturated rings. The Bertz CT molecular complexity index is 393. The Kier molecular flexibility index (Phi) is 3.73. The molecule has 1 aromatic carbocycles. The lowest BCUT2D eigenvalue weighted by Crippen LogP contribution is -2.48. The molecule has 1 aliphatic heterocycles. The summed E-state index contributed by atoms with van der Waals surface area (Å²) in [6.07, 6.45) is -3.16. The van der Waals surface area contributed by atoms with E-state index >= 15 is 0 Å². The Balaban J connectivity index is 2.21. The summed E-state index contributed by atoms with van der Waals surface area (Å²) >= 11 is 0. The molecule has 17 heavy (non-hydrogen) atoms. The topological polar surface area (TPSA) is 71.3 Å². The Hall–Kier alpha value is -1.43. The van der Waals surface area contributed by atoms with Crippen molar-refractivity contribution in [3.05, 3.63) is 35.9 Å². The first kappa shape index (κ1) is 12.0. The van der Waals surface area contributed by atoms with Crippen LogP contribution in [0, 0.1) is 0 Å². The van der Waals surface area contributed by atoms with Gasteiger partial charge in [-0.25, -0.2) is 0 Å². The lowest BCUT2D eigenvalue weighted by molar-refractivity contribution is -0.215.